The number of anilines is 1. The molecule has 1 aliphatic rings. The van der Waals surface area contributed by atoms with Crippen LogP contribution in [0.1, 0.15) is 12.8 Å². The molecule has 0 atom stereocenters. The summed E-state index contributed by atoms with van der Waals surface area (Å²) in [4.78, 5) is 4.87. The van der Waals surface area contributed by atoms with E-state index in [1.54, 1.807) is 0 Å². The van der Waals surface area contributed by atoms with Gasteiger partial charge in [-0.2, -0.15) is 0 Å². The van der Waals surface area contributed by atoms with E-state index in [1.807, 2.05) is 0 Å². The van der Waals surface area contributed by atoms with Crippen molar-refractivity contribution in [3.8, 4) is 0 Å². The molecule has 0 amide bonds. The van der Waals surface area contributed by atoms with E-state index in [0.717, 1.165) is 26.2 Å². The normalized spacial score (nSPS) is 17.9. The first kappa shape index (κ1) is 13.8. The third kappa shape index (κ3) is 3.25. The molecule has 1 aromatic rings. The monoisotopic (exact) mass is 311 g/mol. The molecule has 4 heteroatoms. The van der Waals surface area contributed by atoms with Gasteiger partial charge in [0, 0.05) is 43.7 Å². The first-order valence-electron chi connectivity index (χ1n) is 6.62. The highest BCUT2D eigenvalue weighted by Crippen LogP contribution is 2.28. The minimum atomic E-state index is 0.637. The standard InChI is InChI=1S/C14H22BrN3/c1-17(14-5-3-2-4-13(14)15)12-6-9-18(10-7-12)11-8-16/h2-5,12H,6-11,16H2,1H3. The van der Waals surface area contributed by atoms with Crippen LogP contribution in [0.5, 0.6) is 0 Å². The summed E-state index contributed by atoms with van der Waals surface area (Å²) < 4.78 is 1.18. The van der Waals surface area contributed by atoms with E-state index in [4.69, 9.17) is 5.73 Å². The number of nitrogens with zero attached hydrogens (tertiary/aromatic N) is 2. The Balaban J connectivity index is 1.95. The van der Waals surface area contributed by atoms with Gasteiger partial charge >= 0.3 is 0 Å². The summed E-state index contributed by atoms with van der Waals surface area (Å²) in [6, 6.07) is 9.08. The predicted octanol–water partition coefficient (Wildman–Crippen LogP) is 2.31. The molecule has 100 valence electrons. The number of rotatable bonds is 4. The van der Waals surface area contributed by atoms with Gasteiger partial charge in [-0.25, -0.2) is 0 Å². The van der Waals surface area contributed by atoms with Crippen LogP contribution in [0.4, 0.5) is 5.69 Å². The van der Waals surface area contributed by atoms with Crippen LogP contribution in [0.25, 0.3) is 0 Å². The molecule has 1 heterocycles. The van der Waals surface area contributed by atoms with Crippen molar-refractivity contribution in [2.24, 2.45) is 5.73 Å². The van der Waals surface area contributed by atoms with Gasteiger partial charge in [-0.05, 0) is 40.9 Å². The van der Waals surface area contributed by atoms with Gasteiger partial charge in [-0.1, -0.05) is 12.1 Å². The van der Waals surface area contributed by atoms with Crippen molar-refractivity contribution in [3.05, 3.63) is 28.7 Å². The third-order valence-electron chi connectivity index (χ3n) is 3.78. The molecular formula is C14H22BrN3. The van der Waals surface area contributed by atoms with Crippen molar-refractivity contribution in [3.63, 3.8) is 0 Å². The topological polar surface area (TPSA) is 32.5 Å². The zero-order valence-corrected chi connectivity index (χ0v) is 12.6. The van der Waals surface area contributed by atoms with Gasteiger partial charge in [0.1, 0.15) is 0 Å². The van der Waals surface area contributed by atoms with E-state index in [9.17, 15) is 0 Å². The Kier molecular flexibility index (Phi) is 5.03. The highest BCUT2D eigenvalue weighted by Gasteiger charge is 2.22. The van der Waals surface area contributed by atoms with E-state index >= 15 is 0 Å². The quantitative estimate of drug-likeness (QED) is 0.926. The zero-order chi connectivity index (χ0) is 13.0. The largest absolute Gasteiger partial charge is 0.371 e. The van der Waals surface area contributed by atoms with Gasteiger partial charge in [-0.3, -0.25) is 0 Å². The van der Waals surface area contributed by atoms with Gasteiger partial charge in [0.25, 0.3) is 0 Å². The van der Waals surface area contributed by atoms with E-state index in [-0.39, 0.29) is 0 Å². The molecule has 0 aromatic heterocycles. The van der Waals surface area contributed by atoms with Crippen molar-refractivity contribution in [2.45, 2.75) is 18.9 Å². The highest BCUT2D eigenvalue weighted by molar-refractivity contribution is 9.10. The Bertz CT molecular complexity index is 375. The second-order valence-electron chi connectivity index (χ2n) is 4.92. The minimum Gasteiger partial charge on any atom is -0.371 e. The van der Waals surface area contributed by atoms with Crippen LogP contribution in [0.2, 0.25) is 0 Å². The van der Waals surface area contributed by atoms with Crippen molar-refractivity contribution in [2.75, 3.05) is 38.1 Å². The Labute approximate surface area is 118 Å². The summed E-state index contributed by atoms with van der Waals surface area (Å²) in [5, 5.41) is 0. The maximum atomic E-state index is 5.61. The van der Waals surface area contributed by atoms with Crippen LogP contribution < -0.4 is 10.6 Å². The fourth-order valence-electron chi connectivity index (χ4n) is 2.65. The van der Waals surface area contributed by atoms with Crippen molar-refractivity contribution in [1.29, 1.82) is 0 Å². The predicted molar refractivity (Wildman–Crippen MR) is 81.1 cm³/mol. The number of halogens is 1. The lowest BCUT2D eigenvalue weighted by Crippen LogP contribution is -2.44. The first-order chi connectivity index (χ1) is 8.72. The molecule has 0 unspecified atom stereocenters. The fraction of sp³-hybridized carbons (Fsp3) is 0.571. The second-order valence-corrected chi connectivity index (χ2v) is 5.78. The van der Waals surface area contributed by atoms with E-state index in [1.165, 1.54) is 23.0 Å². The van der Waals surface area contributed by atoms with Crippen LogP contribution in [0.15, 0.2) is 28.7 Å². The number of hydrogen-bond acceptors (Lipinski definition) is 3. The molecule has 1 aromatic carbocycles. The molecule has 0 radical (unpaired) electrons. The van der Waals surface area contributed by atoms with Crippen molar-refractivity contribution < 1.29 is 0 Å². The molecule has 2 rings (SSSR count). The maximum absolute atomic E-state index is 5.61. The van der Waals surface area contributed by atoms with Gasteiger partial charge in [0.15, 0.2) is 0 Å². The second kappa shape index (κ2) is 6.55. The average Bonchev–Trinajstić information content (AvgIpc) is 2.40. The lowest BCUT2D eigenvalue weighted by molar-refractivity contribution is 0.216. The van der Waals surface area contributed by atoms with E-state index in [2.05, 4.69) is 57.0 Å². The molecule has 0 bridgehead atoms. The molecule has 1 saturated heterocycles. The third-order valence-corrected chi connectivity index (χ3v) is 4.45. The molecule has 3 nitrogen and oxygen atoms in total. The van der Waals surface area contributed by atoms with Gasteiger partial charge in [0.2, 0.25) is 0 Å². The molecular weight excluding hydrogens is 290 g/mol. The van der Waals surface area contributed by atoms with Crippen LogP contribution in [0, 0.1) is 0 Å². The van der Waals surface area contributed by atoms with Gasteiger partial charge in [0.05, 0.1) is 5.69 Å². The summed E-state index contributed by atoms with van der Waals surface area (Å²) in [5.74, 6) is 0. The number of likely N-dealkylation sites (tertiary alicyclic amines) is 1. The Morgan fingerprint density at radius 1 is 1.33 bits per heavy atom. The number of nitrogens with two attached hydrogens (primary N) is 1. The minimum absolute atomic E-state index is 0.637. The smallest absolute Gasteiger partial charge is 0.0510 e. The lowest BCUT2D eigenvalue weighted by atomic mass is 10.0. The average molecular weight is 312 g/mol. The molecule has 0 saturated carbocycles. The molecule has 2 N–H and O–H groups in total. The molecule has 0 spiro atoms. The Morgan fingerprint density at radius 3 is 2.61 bits per heavy atom. The summed E-state index contributed by atoms with van der Waals surface area (Å²) in [5.41, 5.74) is 6.89. The molecule has 1 aliphatic heterocycles. The summed E-state index contributed by atoms with van der Waals surface area (Å²) in [6.45, 7) is 4.13. The molecule has 1 fully saturated rings. The summed E-state index contributed by atoms with van der Waals surface area (Å²) in [7, 11) is 2.20. The Hall–Kier alpha value is -0.580. The highest BCUT2D eigenvalue weighted by atomic mass is 79.9. The van der Waals surface area contributed by atoms with Gasteiger partial charge in [-0.15, -0.1) is 0 Å². The van der Waals surface area contributed by atoms with Crippen LogP contribution in [-0.2, 0) is 0 Å². The first-order valence-corrected chi connectivity index (χ1v) is 7.41. The van der Waals surface area contributed by atoms with Crippen LogP contribution >= 0.6 is 15.9 Å². The molecule has 0 aliphatic carbocycles. The fourth-order valence-corrected chi connectivity index (χ4v) is 3.21. The van der Waals surface area contributed by atoms with Gasteiger partial charge < -0.3 is 15.5 Å². The van der Waals surface area contributed by atoms with E-state index in [0.29, 0.717) is 6.04 Å². The number of hydrogen-bond donors (Lipinski definition) is 1. The zero-order valence-electron chi connectivity index (χ0n) is 11.0. The number of benzene rings is 1. The molecule has 18 heavy (non-hydrogen) atoms. The SMILES string of the molecule is CN(c1ccccc1Br)C1CCN(CCN)CC1. The maximum Gasteiger partial charge on any atom is 0.0510 e. The van der Waals surface area contributed by atoms with Crippen LogP contribution in [0.3, 0.4) is 0 Å². The van der Waals surface area contributed by atoms with E-state index < -0.39 is 0 Å². The summed E-state index contributed by atoms with van der Waals surface area (Å²) >= 11 is 3.63. The number of piperidine rings is 1. The lowest BCUT2D eigenvalue weighted by Gasteiger charge is -2.38. The number of para-hydroxylation sites is 1. The van der Waals surface area contributed by atoms with Crippen molar-refractivity contribution >= 4 is 21.6 Å². The van der Waals surface area contributed by atoms with Crippen molar-refractivity contribution in [1.82, 2.24) is 4.90 Å². The van der Waals surface area contributed by atoms with Crippen LogP contribution in [-0.4, -0.2) is 44.2 Å². The Morgan fingerprint density at radius 2 is 2.00 bits per heavy atom. The summed E-state index contributed by atoms with van der Waals surface area (Å²) in [6.07, 6.45) is 2.44.